The molecular weight excluding hydrogens is 226 g/mol. The number of carbonyl (C=O) groups is 1. The van der Waals surface area contributed by atoms with E-state index >= 15 is 0 Å². The number of benzene rings is 1. The third kappa shape index (κ3) is 3.84. The van der Waals surface area contributed by atoms with E-state index in [1.54, 1.807) is 24.3 Å². The van der Waals surface area contributed by atoms with Crippen LogP contribution in [0.3, 0.4) is 0 Å². The fraction of sp³-hybridized carbons (Fsp3) is 0.533. The summed E-state index contributed by atoms with van der Waals surface area (Å²) >= 11 is 0. The van der Waals surface area contributed by atoms with Crippen molar-refractivity contribution in [1.29, 1.82) is 0 Å². The zero-order valence-corrected chi connectivity index (χ0v) is 11.4. The average Bonchev–Trinajstić information content (AvgIpc) is 2.49. The molecule has 0 radical (unpaired) electrons. The molecule has 2 rings (SSSR count). The third-order valence-electron chi connectivity index (χ3n) is 3.03. The highest BCUT2D eigenvalue weighted by Gasteiger charge is 2.17. The Morgan fingerprint density at radius 1 is 1.11 bits per heavy atom. The van der Waals surface area contributed by atoms with E-state index in [-0.39, 0.29) is 12.5 Å². The number of carbonyl (C=O) groups excluding carboxylic acids is 1. The van der Waals surface area contributed by atoms with Crippen molar-refractivity contribution in [3.8, 4) is 0 Å². The Morgan fingerprint density at radius 3 is 2.17 bits per heavy atom. The summed E-state index contributed by atoms with van der Waals surface area (Å²) in [5.41, 5.74) is 1.56. The van der Waals surface area contributed by atoms with Crippen LogP contribution in [0.15, 0.2) is 24.3 Å². The van der Waals surface area contributed by atoms with Gasteiger partial charge in [0.25, 0.3) is 5.91 Å². The van der Waals surface area contributed by atoms with E-state index in [2.05, 4.69) is 0 Å². The Balaban J connectivity index is 0.000000771. The van der Waals surface area contributed by atoms with Crippen molar-refractivity contribution >= 4 is 5.91 Å². The quantitative estimate of drug-likeness (QED) is 0.875. The summed E-state index contributed by atoms with van der Waals surface area (Å²) in [5.74, 6) is 0.115. The van der Waals surface area contributed by atoms with E-state index in [4.69, 9.17) is 5.11 Å². The normalized spacial score (nSPS) is 14.7. The molecule has 1 N–H and O–H groups in total. The number of hydrogen-bond donors (Lipinski definition) is 1. The molecule has 0 aliphatic carbocycles. The zero-order chi connectivity index (χ0) is 13.4. The number of likely N-dealkylation sites (tertiary alicyclic amines) is 1. The summed E-state index contributed by atoms with van der Waals surface area (Å²) in [6.07, 6.45) is 3.45. The number of aliphatic hydroxyl groups excluding tert-OH is 1. The monoisotopic (exact) mass is 249 g/mol. The van der Waals surface area contributed by atoms with Crippen LogP contribution in [0.5, 0.6) is 0 Å². The second-order valence-corrected chi connectivity index (χ2v) is 4.21. The number of nitrogens with zero attached hydrogens (tertiary/aromatic N) is 1. The Kier molecular flexibility index (Phi) is 6.44. The predicted octanol–water partition coefficient (Wildman–Crippen LogP) is 2.83. The molecule has 1 aliphatic rings. The van der Waals surface area contributed by atoms with Crippen LogP contribution in [0.2, 0.25) is 0 Å². The van der Waals surface area contributed by atoms with Gasteiger partial charge in [0, 0.05) is 18.7 Å². The van der Waals surface area contributed by atoms with Gasteiger partial charge in [-0.3, -0.25) is 4.79 Å². The number of aliphatic hydroxyl groups is 1. The molecule has 1 aromatic carbocycles. The van der Waals surface area contributed by atoms with Crippen LogP contribution in [-0.2, 0) is 6.61 Å². The highest BCUT2D eigenvalue weighted by atomic mass is 16.3. The Morgan fingerprint density at radius 2 is 1.67 bits per heavy atom. The van der Waals surface area contributed by atoms with Gasteiger partial charge in [0.05, 0.1) is 6.61 Å². The topological polar surface area (TPSA) is 40.5 Å². The Hall–Kier alpha value is -1.35. The lowest BCUT2D eigenvalue weighted by Gasteiger charge is -2.26. The van der Waals surface area contributed by atoms with Crippen LogP contribution in [-0.4, -0.2) is 29.0 Å². The lowest BCUT2D eigenvalue weighted by Crippen LogP contribution is -2.35. The highest BCUT2D eigenvalue weighted by molar-refractivity contribution is 5.94. The fourth-order valence-corrected chi connectivity index (χ4v) is 2.03. The second-order valence-electron chi connectivity index (χ2n) is 4.21. The molecule has 3 heteroatoms. The first-order valence-electron chi connectivity index (χ1n) is 6.80. The van der Waals surface area contributed by atoms with Crippen molar-refractivity contribution in [2.24, 2.45) is 0 Å². The van der Waals surface area contributed by atoms with E-state index in [1.807, 2.05) is 18.7 Å². The molecule has 18 heavy (non-hydrogen) atoms. The van der Waals surface area contributed by atoms with Crippen molar-refractivity contribution in [3.63, 3.8) is 0 Å². The molecule has 1 saturated heterocycles. The van der Waals surface area contributed by atoms with E-state index in [1.165, 1.54) is 6.42 Å². The molecular formula is C15H23NO2. The van der Waals surface area contributed by atoms with E-state index in [0.717, 1.165) is 37.1 Å². The maximum Gasteiger partial charge on any atom is 0.253 e. The first-order valence-corrected chi connectivity index (χ1v) is 6.80. The standard InChI is InChI=1S/C13H17NO2.C2H6/c15-10-11-4-6-12(7-5-11)13(16)14-8-2-1-3-9-14;1-2/h4-7,15H,1-3,8-10H2;1-2H3. The lowest BCUT2D eigenvalue weighted by molar-refractivity contribution is 0.0724. The number of hydrogen-bond acceptors (Lipinski definition) is 2. The Bertz CT molecular complexity index is 353. The number of piperidine rings is 1. The molecule has 1 aromatic rings. The molecule has 1 amide bonds. The SMILES string of the molecule is CC.O=C(c1ccc(CO)cc1)N1CCCCC1. The van der Waals surface area contributed by atoms with Gasteiger partial charge >= 0.3 is 0 Å². The maximum atomic E-state index is 12.1. The van der Waals surface area contributed by atoms with Crippen LogP contribution >= 0.6 is 0 Å². The largest absolute Gasteiger partial charge is 0.392 e. The molecule has 1 heterocycles. The minimum Gasteiger partial charge on any atom is -0.392 e. The molecule has 1 fully saturated rings. The van der Waals surface area contributed by atoms with Crippen molar-refractivity contribution in [1.82, 2.24) is 4.90 Å². The number of amides is 1. The third-order valence-corrected chi connectivity index (χ3v) is 3.03. The van der Waals surface area contributed by atoms with Crippen molar-refractivity contribution < 1.29 is 9.90 Å². The summed E-state index contributed by atoms with van der Waals surface area (Å²) in [6.45, 7) is 5.78. The molecule has 3 nitrogen and oxygen atoms in total. The van der Waals surface area contributed by atoms with Crippen LogP contribution in [0.1, 0.15) is 49.0 Å². The first kappa shape index (κ1) is 14.7. The first-order chi connectivity index (χ1) is 8.81. The van der Waals surface area contributed by atoms with Crippen LogP contribution in [0.25, 0.3) is 0 Å². The highest BCUT2D eigenvalue weighted by Crippen LogP contribution is 2.13. The molecule has 0 bridgehead atoms. The van der Waals surface area contributed by atoms with Gasteiger partial charge in [-0.15, -0.1) is 0 Å². The Labute approximate surface area is 109 Å². The smallest absolute Gasteiger partial charge is 0.253 e. The number of rotatable bonds is 2. The van der Waals surface area contributed by atoms with Crippen LogP contribution < -0.4 is 0 Å². The summed E-state index contributed by atoms with van der Waals surface area (Å²) in [7, 11) is 0. The maximum absolute atomic E-state index is 12.1. The van der Waals surface area contributed by atoms with Crippen molar-refractivity contribution in [3.05, 3.63) is 35.4 Å². The average molecular weight is 249 g/mol. The zero-order valence-electron chi connectivity index (χ0n) is 11.4. The summed E-state index contributed by atoms with van der Waals surface area (Å²) in [5, 5.41) is 8.92. The van der Waals surface area contributed by atoms with Gasteiger partial charge < -0.3 is 10.0 Å². The minimum atomic E-state index is 0.0260. The van der Waals surface area contributed by atoms with E-state index in [0.29, 0.717) is 0 Å². The van der Waals surface area contributed by atoms with Gasteiger partial charge in [-0.1, -0.05) is 26.0 Å². The summed E-state index contributed by atoms with van der Waals surface area (Å²) in [4.78, 5) is 14.0. The molecule has 0 unspecified atom stereocenters. The molecule has 0 saturated carbocycles. The molecule has 1 aliphatic heterocycles. The van der Waals surface area contributed by atoms with E-state index < -0.39 is 0 Å². The van der Waals surface area contributed by atoms with Gasteiger partial charge in [-0.25, -0.2) is 0 Å². The predicted molar refractivity (Wildman–Crippen MR) is 73.5 cm³/mol. The van der Waals surface area contributed by atoms with Gasteiger partial charge in [0.15, 0.2) is 0 Å². The van der Waals surface area contributed by atoms with Crippen molar-refractivity contribution in [2.75, 3.05) is 13.1 Å². The van der Waals surface area contributed by atoms with Crippen LogP contribution in [0.4, 0.5) is 0 Å². The summed E-state index contributed by atoms with van der Waals surface area (Å²) in [6, 6.07) is 7.19. The molecule has 0 spiro atoms. The van der Waals surface area contributed by atoms with Gasteiger partial charge in [-0.05, 0) is 37.0 Å². The lowest BCUT2D eigenvalue weighted by atomic mass is 10.1. The van der Waals surface area contributed by atoms with E-state index in [9.17, 15) is 4.79 Å². The molecule has 0 atom stereocenters. The minimum absolute atomic E-state index is 0.0260. The van der Waals surface area contributed by atoms with Gasteiger partial charge in [0.2, 0.25) is 0 Å². The summed E-state index contributed by atoms with van der Waals surface area (Å²) < 4.78 is 0. The molecule has 100 valence electrons. The van der Waals surface area contributed by atoms with Crippen LogP contribution in [0, 0.1) is 0 Å². The van der Waals surface area contributed by atoms with Crippen molar-refractivity contribution in [2.45, 2.75) is 39.7 Å². The van der Waals surface area contributed by atoms with Gasteiger partial charge in [0.1, 0.15) is 0 Å². The second kappa shape index (κ2) is 7.88. The molecule has 0 aromatic heterocycles. The fourth-order valence-electron chi connectivity index (χ4n) is 2.03. The van der Waals surface area contributed by atoms with Gasteiger partial charge in [-0.2, -0.15) is 0 Å².